The molecule has 0 saturated heterocycles. The minimum absolute atomic E-state index is 0.619. The number of rotatable bonds is 7. The van der Waals surface area contributed by atoms with Crippen molar-refractivity contribution in [2.24, 2.45) is 0 Å². The molecule has 5 nitrogen and oxygen atoms in total. The molecule has 0 aliphatic heterocycles. The smallest absolute Gasteiger partial charge is 0.164 e. The quantitative estimate of drug-likeness (QED) is 0.154. The van der Waals surface area contributed by atoms with Crippen molar-refractivity contribution in [2.45, 2.75) is 12.8 Å². The highest BCUT2D eigenvalue weighted by Gasteiger charge is 2.17. The van der Waals surface area contributed by atoms with Gasteiger partial charge in [-0.3, -0.25) is 9.97 Å². The first-order valence-corrected chi connectivity index (χ1v) is 19.0. The first-order valence-electron chi connectivity index (χ1n) is 19.0. The van der Waals surface area contributed by atoms with Gasteiger partial charge in [0.05, 0.1) is 11.4 Å². The number of benzene rings is 6. The van der Waals surface area contributed by atoms with E-state index in [1.54, 1.807) is 0 Å². The maximum atomic E-state index is 5.18. The van der Waals surface area contributed by atoms with Gasteiger partial charge in [0, 0.05) is 40.2 Å². The minimum Gasteiger partial charge on any atom is -0.256 e. The third kappa shape index (κ3) is 6.56. The van der Waals surface area contributed by atoms with Gasteiger partial charge >= 0.3 is 0 Å². The van der Waals surface area contributed by atoms with E-state index in [4.69, 9.17) is 24.9 Å². The van der Waals surface area contributed by atoms with Gasteiger partial charge in [-0.25, -0.2) is 15.0 Å². The molecule has 0 bridgehead atoms. The molecule has 0 N–H and O–H groups in total. The molecule has 1 aliphatic carbocycles. The number of allylic oxidation sites excluding steroid dienone is 4. The zero-order chi connectivity index (χ0) is 37.3. The van der Waals surface area contributed by atoms with Crippen LogP contribution in [0.1, 0.15) is 18.7 Å². The maximum absolute atomic E-state index is 5.18. The van der Waals surface area contributed by atoms with Gasteiger partial charge in [-0.15, -0.1) is 0 Å². The van der Waals surface area contributed by atoms with Crippen LogP contribution in [-0.4, -0.2) is 24.9 Å². The monoisotopic (exact) mass is 717 g/mol. The van der Waals surface area contributed by atoms with Crippen LogP contribution in [0.5, 0.6) is 0 Å². The molecule has 264 valence electrons. The SMILES string of the molecule is C1=CC(c2nc(-c3ccccc3)nc(-c3cc(-c4cc(-c5ccccn5)cc(-c5ccccn5)c4)cc(-c4ccc5ccc6ccccc6c5c4)c3)n2)=CCC1. The van der Waals surface area contributed by atoms with Gasteiger partial charge in [-0.2, -0.15) is 0 Å². The summed E-state index contributed by atoms with van der Waals surface area (Å²) in [5.74, 6) is 1.93. The van der Waals surface area contributed by atoms with Crippen LogP contribution in [0.4, 0.5) is 0 Å². The van der Waals surface area contributed by atoms with E-state index in [0.717, 1.165) is 74.3 Å². The molecular weight excluding hydrogens is 683 g/mol. The number of fused-ring (bicyclic) bond motifs is 3. The molecule has 9 aromatic rings. The number of nitrogens with zero attached hydrogens (tertiary/aromatic N) is 5. The van der Waals surface area contributed by atoms with E-state index in [1.807, 2.05) is 54.9 Å². The summed E-state index contributed by atoms with van der Waals surface area (Å²) < 4.78 is 0. The number of aromatic nitrogens is 5. The highest BCUT2D eigenvalue weighted by Crippen LogP contribution is 2.38. The standard InChI is InChI=1S/C51H35N5/c1-3-14-36(15-4-1)49-54-50(37-16-5-2-6-17-37)56-51(55-49)44-30-39(38-24-23-35-22-21-34-13-7-8-18-45(34)46(35)33-38)27-40(31-44)41-28-42(47-19-9-11-25-52-47)32-43(29-41)48-20-10-12-26-53-48/h1,3-5,7-33H,2,6H2. The van der Waals surface area contributed by atoms with Crippen LogP contribution in [-0.2, 0) is 0 Å². The Kier molecular flexibility index (Phi) is 8.58. The van der Waals surface area contributed by atoms with Crippen LogP contribution < -0.4 is 0 Å². The van der Waals surface area contributed by atoms with Crippen molar-refractivity contribution in [1.82, 2.24) is 24.9 Å². The fourth-order valence-corrected chi connectivity index (χ4v) is 7.56. The molecular formula is C51H35N5. The second-order valence-corrected chi connectivity index (χ2v) is 14.1. The lowest BCUT2D eigenvalue weighted by Crippen LogP contribution is -2.03. The Labute approximate surface area is 325 Å². The summed E-state index contributed by atoms with van der Waals surface area (Å²) in [4.78, 5) is 24.8. The minimum atomic E-state index is 0.619. The van der Waals surface area contributed by atoms with Crippen LogP contribution in [0, 0.1) is 0 Å². The van der Waals surface area contributed by atoms with E-state index in [2.05, 4.69) is 133 Å². The molecule has 3 heterocycles. The molecule has 5 heteroatoms. The summed E-state index contributed by atoms with van der Waals surface area (Å²) >= 11 is 0. The van der Waals surface area contributed by atoms with Crippen LogP contribution in [0.3, 0.4) is 0 Å². The predicted molar refractivity (Wildman–Crippen MR) is 229 cm³/mol. The normalized spacial score (nSPS) is 12.5. The molecule has 1 aliphatic rings. The zero-order valence-electron chi connectivity index (χ0n) is 30.5. The summed E-state index contributed by atoms with van der Waals surface area (Å²) in [6.45, 7) is 0. The number of hydrogen-bond acceptors (Lipinski definition) is 5. The van der Waals surface area contributed by atoms with E-state index in [-0.39, 0.29) is 0 Å². The lowest BCUT2D eigenvalue weighted by molar-refractivity contribution is 1.01. The summed E-state index contributed by atoms with van der Waals surface area (Å²) in [6, 6.07) is 55.3. The number of pyridine rings is 2. The summed E-state index contributed by atoms with van der Waals surface area (Å²) in [5, 5.41) is 4.87. The largest absolute Gasteiger partial charge is 0.256 e. The fraction of sp³-hybridized carbons (Fsp3) is 0.0392. The average molecular weight is 718 g/mol. The van der Waals surface area contributed by atoms with Gasteiger partial charge in [0.2, 0.25) is 0 Å². The second-order valence-electron chi connectivity index (χ2n) is 14.1. The van der Waals surface area contributed by atoms with Gasteiger partial charge in [0.25, 0.3) is 0 Å². The van der Waals surface area contributed by atoms with Crippen LogP contribution in [0.25, 0.3) is 94.7 Å². The van der Waals surface area contributed by atoms with E-state index in [1.165, 1.54) is 21.5 Å². The topological polar surface area (TPSA) is 64.5 Å². The molecule has 0 saturated carbocycles. The van der Waals surface area contributed by atoms with Gasteiger partial charge in [-0.1, -0.05) is 109 Å². The predicted octanol–water partition coefficient (Wildman–Crippen LogP) is 12.7. The lowest BCUT2D eigenvalue weighted by Gasteiger charge is -2.15. The molecule has 0 fully saturated rings. The molecule has 0 radical (unpaired) electrons. The van der Waals surface area contributed by atoms with Gasteiger partial charge in [-0.05, 0) is 123 Å². The first kappa shape index (κ1) is 33.2. The van der Waals surface area contributed by atoms with Crippen LogP contribution in [0.15, 0.2) is 188 Å². The first-order chi connectivity index (χ1) is 27.7. The Morgan fingerprint density at radius 2 is 0.911 bits per heavy atom. The van der Waals surface area contributed by atoms with Crippen molar-refractivity contribution in [3.8, 4) is 67.5 Å². The van der Waals surface area contributed by atoms with E-state index in [0.29, 0.717) is 17.5 Å². The van der Waals surface area contributed by atoms with Crippen molar-refractivity contribution < 1.29 is 0 Å². The maximum Gasteiger partial charge on any atom is 0.164 e. The van der Waals surface area contributed by atoms with Crippen molar-refractivity contribution >= 4 is 27.1 Å². The molecule has 56 heavy (non-hydrogen) atoms. The van der Waals surface area contributed by atoms with Crippen LogP contribution >= 0.6 is 0 Å². The second kappa shape index (κ2) is 14.5. The Bertz CT molecular complexity index is 2900. The van der Waals surface area contributed by atoms with E-state index < -0.39 is 0 Å². The molecule has 0 amide bonds. The Morgan fingerprint density at radius 3 is 1.59 bits per heavy atom. The summed E-state index contributed by atoms with van der Waals surface area (Å²) in [6.07, 6.45) is 12.2. The van der Waals surface area contributed by atoms with Gasteiger partial charge in [0.15, 0.2) is 17.5 Å². The van der Waals surface area contributed by atoms with Crippen molar-refractivity contribution in [1.29, 1.82) is 0 Å². The highest BCUT2D eigenvalue weighted by molar-refractivity contribution is 6.08. The summed E-state index contributed by atoms with van der Waals surface area (Å²) in [5.41, 5.74) is 10.9. The van der Waals surface area contributed by atoms with Crippen molar-refractivity contribution in [3.63, 3.8) is 0 Å². The third-order valence-electron chi connectivity index (χ3n) is 10.4. The Balaban J connectivity index is 1.23. The molecule has 6 aromatic carbocycles. The molecule has 0 spiro atoms. The van der Waals surface area contributed by atoms with Crippen LogP contribution in [0.2, 0.25) is 0 Å². The van der Waals surface area contributed by atoms with Gasteiger partial charge < -0.3 is 0 Å². The van der Waals surface area contributed by atoms with Gasteiger partial charge in [0.1, 0.15) is 0 Å². The fourth-order valence-electron chi connectivity index (χ4n) is 7.56. The summed E-state index contributed by atoms with van der Waals surface area (Å²) in [7, 11) is 0. The molecule has 0 unspecified atom stereocenters. The highest BCUT2D eigenvalue weighted by atomic mass is 15.0. The average Bonchev–Trinajstić information content (AvgIpc) is 3.29. The molecule has 10 rings (SSSR count). The van der Waals surface area contributed by atoms with E-state index in [9.17, 15) is 0 Å². The Morgan fingerprint density at radius 1 is 0.357 bits per heavy atom. The van der Waals surface area contributed by atoms with Crippen molar-refractivity contribution in [3.05, 3.63) is 194 Å². The molecule has 0 atom stereocenters. The van der Waals surface area contributed by atoms with E-state index >= 15 is 0 Å². The zero-order valence-corrected chi connectivity index (χ0v) is 30.5. The molecule has 3 aromatic heterocycles. The Hall–Kier alpha value is -7.37. The lowest BCUT2D eigenvalue weighted by atomic mass is 9.91. The number of hydrogen-bond donors (Lipinski definition) is 0. The van der Waals surface area contributed by atoms with Crippen molar-refractivity contribution in [2.75, 3.05) is 0 Å². The third-order valence-corrected chi connectivity index (χ3v) is 10.4.